The highest BCUT2D eigenvalue weighted by atomic mass is 35.5. The summed E-state index contributed by atoms with van der Waals surface area (Å²) < 4.78 is 0.696. The van der Waals surface area contributed by atoms with Gasteiger partial charge in [0, 0.05) is 5.69 Å². The van der Waals surface area contributed by atoms with Crippen LogP contribution in [0.1, 0.15) is 29.8 Å². The number of fused-ring (bicyclic) bond motifs is 1. The average Bonchev–Trinajstić information content (AvgIpc) is 2.15. The second kappa shape index (κ2) is 4.00. The molecule has 5 heteroatoms. The Labute approximate surface area is 88.0 Å². The quantitative estimate of drug-likeness (QED) is 0.661. The summed E-state index contributed by atoms with van der Waals surface area (Å²) in [5.41, 5.74) is 2.01. The standard InChI is InChI=1S/C9H12N2O2.ClH/c1-6-7-4-2-3-5-8(7)11(13)9(12)10-6;/h13H,2-5H2,1H3;1H. The molecule has 1 heterocycles. The van der Waals surface area contributed by atoms with Crippen LogP contribution < -0.4 is 5.69 Å². The van der Waals surface area contributed by atoms with Gasteiger partial charge >= 0.3 is 5.69 Å². The maximum absolute atomic E-state index is 11.1. The second-order valence-electron chi connectivity index (χ2n) is 3.42. The highest BCUT2D eigenvalue weighted by molar-refractivity contribution is 5.85. The Balaban J connectivity index is 0.000000980. The molecule has 0 saturated heterocycles. The molecule has 2 rings (SSSR count). The second-order valence-corrected chi connectivity index (χ2v) is 3.42. The molecule has 0 atom stereocenters. The van der Waals surface area contributed by atoms with Gasteiger partial charge in [0.05, 0.1) is 5.69 Å². The third-order valence-electron chi connectivity index (χ3n) is 2.58. The van der Waals surface area contributed by atoms with Crippen LogP contribution in [-0.4, -0.2) is 14.9 Å². The highest BCUT2D eigenvalue weighted by Gasteiger charge is 2.17. The van der Waals surface area contributed by atoms with E-state index in [0.29, 0.717) is 4.73 Å². The molecule has 0 saturated carbocycles. The summed E-state index contributed by atoms with van der Waals surface area (Å²) in [6.07, 6.45) is 3.86. The molecule has 4 nitrogen and oxygen atoms in total. The van der Waals surface area contributed by atoms with E-state index in [1.807, 2.05) is 6.92 Å². The van der Waals surface area contributed by atoms with Gasteiger partial charge < -0.3 is 5.21 Å². The lowest BCUT2D eigenvalue weighted by Gasteiger charge is -2.18. The fourth-order valence-corrected chi connectivity index (χ4v) is 1.89. The van der Waals surface area contributed by atoms with Crippen molar-refractivity contribution >= 4 is 12.4 Å². The molecule has 1 aromatic heterocycles. The molecule has 78 valence electrons. The van der Waals surface area contributed by atoms with Crippen molar-refractivity contribution < 1.29 is 5.21 Å². The van der Waals surface area contributed by atoms with Gasteiger partial charge in [0.2, 0.25) is 0 Å². The minimum Gasteiger partial charge on any atom is -0.424 e. The van der Waals surface area contributed by atoms with Gasteiger partial charge in [-0.15, -0.1) is 17.1 Å². The van der Waals surface area contributed by atoms with Crippen molar-refractivity contribution in [1.82, 2.24) is 9.71 Å². The zero-order chi connectivity index (χ0) is 9.42. The van der Waals surface area contributed by atoms with Gasteiger partial charge in [-0.25, -0.2) is 4.79 Å². The van der Waals surface area contributed by atoms with Crippen molar-refractivity contribution in [2.24, 2.45) is 0 Å². The number of hydrogen-bond donors (Lipinski definition) is 1. The van der Waals surface area contributed by atoms with Crippen molar-refractivity contribution in [3.8, 4) is 0 Å². The van der Waals surface area contributed by atoms with Crippen LogP contribution in [0.2, 0.25) is 0 Å². The SMILES string of the molecule is Cc1nc(=O)n(O)c2c1CCCC2.Cl. The van der Waals surface area contributed by atoms with Gasteiger partial charge in [-0.3, -0.25) is 0 Å². The zero-order valence-corrected chi connectivity index (χ0v) is 8.80. The number of halogens is 1. The Morgan fingerprint density at radius 2 is 2.00 bits per heavy atom. The van der Waals surface area contributed by atoms with Gasteiger partial charge in [-0.1, -0.05) is 0 Å². The first-order valence-electron chi connectivity index (χ1n) is 4.51. The van der Waals surface area contributed by atoms with E-state index in [0.717, 1.165) is 42.6 Å². The van der Waals surface area contributed by atoms with E-state index in [1.165, 1.54) is 0 Å². The lowest BCUT2D eigenvalue weighted by molar-refractivity contribution is 0.156. The Morgan fingerprint density at radius 3 is 2.71 bits per heavy atom. The lowest BCUT2D eigenvalue weighted by atomic mass is 9.95. The van der Waals surface area contributed by atoms with E-state index in [-0.39, 0.29) is 12.4 Å². The van der Waals surface area contributed by atoms with E-state index in [9.17, 15) is 10.0 Å². The molecule has 0 aliphatic heterocycles. The Kier molecular flexibility index (Phi) is 3.16. The number of aromatic nitrogens is 2. The molecular weight excluding hydrogens is 204 g/mol. The number of aryl methyl sites for hydroxylation is 1. The summed E-state index contributed by atoms with van der Waals surface area (Å²) in [6, 6.07) is 0. The molecule has 0 amide bonds. The predicted molar refractivity (Wildman–Crippen MR) is 54.3 cm³/mol. The molecule has 0 unspecified atom stereocenters. The van der Waals surface area contributed by atoms with Crippen molar-refractivity contribution in [3.05, 3.63) is 27.4 Å². The number of nitrogens with zero attached hydrogens (tertiary/aromatic N) is 2. The summed E-state index contributed by atoms with van der Waals surface area (Å²) >= 11 is 0. The molecule has 0 fully saturated rings. The van der Waals surface area contributed by atoms with Crippen molar-refractivity contribution in [1.29, 1.82) is 0 Å². The van der Waals surface area contributed by atoms with Gasteiger partial charge in [0.1, 0.15) is 0 Å². The van der Waals surface area contributed by atoms with Gasteiger partial charge in [0.25, 0.3) is 0 Å². The Bertz CT molecular complexity index is 401. The van der Waals surface area contributed by atoms with Gasteiger partial charge in [-0.2, -0.15) is 4.98 Å². The molecule has 0 bridgehead atoms. The molecule has 14 heavy (non-hydrogen) atoms. The van der Waals surface area contributed by atoms with Crippen molar-refractivity contribution in [3.63, 3.8) is 0 Å². The fraction of sp³-hybridized carbons (Fsp3) is 0.556. The molecule has 0 spiro atoms. The molecule has 1 N–H and O–H groups in total. The monoisotopic (exact) mass is 216 g/mol. The molecule has 1 aromatic rings. The lowest BCUT2D eigenvalue weighted by Crippen LogP contribution is -2.28. The average molecular weight is 217 g/mol. The largest absolute Gasteiger partial charge is 0.424 e. The van der Waals surface area contributed by atoms with Crippen LogP contribution in [-0.2, 0) is 12.8 Å². The van der Waals surface area contributed by atoms with Gasteiger partial charge in [0.15, 0.2) is 0 Å². The fourth-order valence-electron chi connectivity index (χ4n) is 1.89. The third kappa shape index (κ3) is 1.62. The smallest absolute Gasteiger partial charge is 0.380 e. The maximum atomic E-state index is 11.1. The van der Waals surface area contributed by atoms with E-state index in [2.05, 4.69) is 4.98 Å². The molecule has 1 aliphatic carbocycles. The van der Waals surface area contributed by atoms with Crippen LogP contribution in [0, 0.1) is 6.92 Å². The summed E-state index contributed by atoms with van der Waals surface area (Å²) in [4.78, 5) is 14.9. The summed E-state index contributed by atoms with van der Waals surface area (Å²) in [7, 11) is 0. The van der Waals surface area contributed by atoms with Crippen LogP contribution in [0.5, 0.6) is 0 Å². The molecular formula is C9H13ClN2O2. The summed E-state index contributed by atoms with van der Waals surface area (Å²) in [6.45, 7) is 1.82. The third-order valence-corrected chi connectivity index (χ3v) is 2.58. The van der Waals surface area contributed by atoms with E-state index in [1.54, 1.807) is 0 Å². The highest BCUT2D eigenvalue weighted by Crippen LogP contribution is 2.20. The first-order chi connectivity index (χ1) is 6.20. The predicted octanol–water partition coefficient (Wildman–Crippen LogP) is 1.09. The van der Waals surface area contributed by atoms with Crippen LogP contribution in [0.3, 0.4) is 0 Å². The summed E-state index contributed by atoms with van der Waals surface area (Å²) in [5, 5.41) is 9.41. The molecule has 1 aliphatic rings. The summed E-state index contributed by atoms with van der Waals surface area (Å²) in [5.74, 6) is 0. The van der Waals surface area contributed by atoms with E-state index in [4.69, 9.17) is 0 Å². The van der Waals surface area contributed by atoms with E-state index < -0.39 is 5.69 Å². The minimum absolute atomic E-state index is 0. The van der Waals surface area contributed by atoms with E-state index >= 15 is 0 Å². The molecule has 0 radical (unpaired) electrons. The van der Waals surface area contributed by atoms with Gasteiger partial charge in [-0.05, 0) is 38.2 Å². The number of rotatable bonds is 0. The maximum Gasteiger partial charge on any atom is 0.380 e. The first kappa shape index (κ1) is 11.0. The van der Waals surface area contributed by atoms with Crippen LogP contribution in [0.4, 0.5) is 0 Å². The topological polar surface area (TPSA) is 55.1 Å². The number of hydrogen-bond acceptors (Lipinski definition) is 3. The van der Waals surface area contributed by atoms with Crippen LogP contribution >= 0.6 is 12.4 Å². The zero-order valence-electron chi connectivity index (χ0n) is 7.99. The Morgan fingerprint density at radius 1 is 1.36 bits per heavy atom. The van der Waals surface area contributed by atoms with Crippen LogP contribution in [0.15, 0.2) is 4.79 Å². The first-order valence-corrected chi connectivity index (χ1v) is 4.51. The Hall–Kier alpha value is -1.03. The normalized spacial score (nSPS) is 14.4. The molecule has 0 aromatic carbocycles. The van der Waals surface area contributed by atoms with Crippen LogP contribution in [0.25, 0.3) is 0 Å². The van der Waals surface area contributed by atoms with Crippen molar-refractivity contribution in [2.75, 3.05) is 0 Å². The van der Waals surface area contributed by atoms with Crippen molar-refractivity contribution in [2.45, 2.75) is 32.6 Å². The minimum atomic E-state index is -0.557.